The molecule has 2 aromatic rings. The van der Waals surface area contributed by atoms with Gasteiger partial charge in [0.2, 0.25) is 0 Å². The van der Waals surface area contributed by atoms with Gasteiger partial charge in [0, 0.05) is 26.2 Å². The first-order valence-electron chi connectivity index (χ1n) is 16.7. The molecule has 0 aliphatic heterocycles. The van der Waals surface area contributed by atoms with Crippen LogP contribution in [0.1, 0.15) is 71.9 Å². The Hall–Kier alpha value is -3.08. The molecule has 0 aromatic heterocycles. The third kappa shape index (κ3) is 45.1. The quantitative estimate of drug-likeness (QED) is 0.0638. The van der Waals surface area contributed by atoms with Crippen molar-refractivity contribution in [2.45, 2.75) is 79.3 Å². The minimum absolute atomic E-state index is 0.362. The van der Waals surface area contributed by atoms with Crippen LogP contribution in [0.25, 0.3) is 0 Å². The molecule has 4 N–H and O–H groups in total. The number of amides is 2. The van der Waals surface area contributed by atoms with Crippen molar-refractivity contribution in [1.82, 2.24) is 21.3 Å². The Morgan fingerprint density at radius 3 is 1.02 bits per heavy atom. The molecule has 0 aliphatic carbocycles. The molecule has 0 radical (unpaired) electrons. The third-order valence-corrected chi connectivity index (χ3v) is 6.33. The number of hydrogen-bond acceptors (Lipinski definition) is 6. The van der Waals surface area contributed by atoms with Gasteiger partial charge in [0.05, 0.1) is 13.2 Å². The van der Waals surface area contributed by atoms with E-state index < -0.39 is 15.6 Å². The molecule has 0 spiro atoms. The summed E-state index contributed by atoms with van der Waals surface area (Å²) in [6.45, 7) is 13.6. The predicted octanol–water partition coefficient (Wildman–Crippen LogP) is 12.4. The zero-order valence-corrected chi connectivity index (χ0v) is 32.2. The van der Waals surface area contributed by atoms with Gasteiger partial charge in [-0.15, -0.1) is 0 Å². The van der Waals surface area contributed by atoms with Crippen LogP contribution in [-0.4, -0.2) is 51.6 Å². The number of alkyl carbamates (subject to hydrolysis) is 2. The number of aryl methyl sites for hydroxylation is 4. The van der Waals surface area contributed by atoms with Gasteiger partial charge in [-0.25, -0.2) is 9.59 Å². The normalized spacial score (nSPS) is 14.0. The summed E-state index contributed by atoms with van der Waals surface area (Å²) in [6, 6.07) is 13.1. The van der Waals surface area contributed by atoms with Crippen LogP contribution in [0.3, 0.4) is 0 Å². The molecule has 0 bridgehead atoms. The fourth-order valence-corrected chi connectivity index (χ4v) is 4.62. The molecule has 318 valence electrons. The SMILES string of the molecule is Cc1cc(C)cc(CNCCCOC(=O)NCCCCCCNC(=O)OCCCNCc2cc(C)cc(C)c2)c1.F[P-](F)(F)(F)(F)F.F[P-](F)(F)(F)(F)F. The van der Waals surface area contributed by atoms with Crippen molar-refractivity contribution in [3.8, 4) is 0 Å². The Morgan fingerprint density at radius 1 is 0.463 bits per heavy atom. The van der Waals surface area contributed by atoms with Gasteiger partial charge in [0.1, 0.15) is 0 Å². The van der Waals surface area contributed by atoms with Crippen molar-refractivity contribution in [1.29, 1.82) is 0 Å². The summed E-state index contributed by atoms with van der Waals surface area (Å²) >= 11 is 0. The third-order valence-electron chi connectivity index (χ3n) is 6.33. The van der Waals surface area contributed by atoms with Crippen molar-refractivity contribution in [2.75, 3.05) is 39.4 Å². The first kappa shape index (κ1) is 50.9. The molecular weight excluding hydrogens is 794 g/mol. The molecule has 0 aliphatic rings. The maximum atomic E-state index is 11.8. The number of unbranched alkanes of at least 4 members (excludes halogenated alkanes) is 3. The number of rotatable bonds is 19. The van der Waals surface area contributed by atoms with Crippen LogP contribution in [0.4, 0.5) is 60.0 Å². The first-order valence-corrected chi connectivity index (χ1v) is 20.8. The average Bonchev–Trinajstić information content (AvgIpc) is 2.94. The predicted molar refractivity (Wildman–Crippen MR) is 189 cm³/mol. The van der Waals surface area contributed by atoms with Gasteiger partial charge in [-0.3, -0.25) is 0 Å². The van der Waals surface area contributed by atoms with E-state index in [2.05, 4.69) is 85.4 Å². The van der Waals surface area contributed by atoms with Gasteiger partial charge in [-0.2, -0.15) is 0 Å². The summed E-state index contributed by atoms with van der Waals surface area (Å²) in [5.74, 6) is 0. The molecule has 2 rings (SSSR count). The number of carbonyl (C=O) groups excluding carboxylic acids is 2. The van der Waals surface area contributed by atoms with E-state index in [9.17, 15) is 60.0 Å². The fraction of sp³-hybridized carbons (Fsp3) is 0.562. The molecule has 0 unspecified atom stereocenters. The number of halogens is 12. The van der Waals surface area contributed by atoms with E-state index in [1.54, 1.807) is 0 Å². The molecule has 8 nitrogen and oxygen atoms in total. The van der Waals surface area contributed by atoms with Crippen LogP contribution in [-0.2, 0) is 22.6 Å². The van der Waals surface area contributed by atoms with Gasteiger partial charge in [-0.1, -0.05) is 71.5 Å². The zero-order chi connectivity index (χ0) is 41.8. The fourth-order valence-electron chi connectivity index (χ4n) is 4.62. The van der Waals surface area contributed by atoms with E-state index in [0.717, 1.165) is 64.7 Å². The van der Waals surface area contributed by atoms with Gasteiger partial charge >= 0.3 is 78.2 Å². The summed E-state index contributed by atoms with van der Waals surface area (Å²) in [6.07, 6.45) is 4.55. The number of ether oxygens (including phenoxy) is 2. The summed E-state index contributed by atoms with van der Waals surface area (Å²) in [7, 11) is -21.3. The molecule has 22 heteroatoms. The second kappa shape index (κ2) is 20.2. The maximum absolute atomic E-state index is 11.8. The average molecular weight is 845 g/mol. The molecule has 0 saturated heterocycles. The van der Waals surface area contributed by atoms with Crippen LogP contribution in [0.5, 0.6) is 0 Å². The van der Waals surface area contributed by atoms with Crippen LogP contribution in [0.15, 0.2) is 36.4 Å². The zero-order valence-electron chi connectivity index (χ0n) is 30.4. The minimum atomic E-state index is -10.7. The summed E-state index contributed by atoms with van der Waals surface area (Å²) in [5.41, 5.74) is 7.63. The molecule has 54 heavy (non-hydrogen) atoms. The number of benzene rings is 2. The van der Waals surface area contributed by atoms with Gasteiger partial charge in [0.15, 0.2) is 0 Å². The summed E-state index contributed by atoms with van der Waals surface area (Å²) in [5, 5.41) is 12.4. The van der Waals surface area contributed by atoms with E-state index in [1.807, 2.05) is 0 Å². The molecule has 0 fully saturated rings. The number of carbonyl (C=O) groups is 2. The van der Waals surface area contributed by atoms with Crippen molar-refractivity contribution >= 4 is 27.8 Å². The second-order valence-corrected chi connectivity index (χ2v) is 16.3. The Labute approximate surface area is 307 Å². The van der Waals surface area contributed by atoms with E-state index in [1.165, 1.54) is 33.4 Å². The van der Waals surface area contributed by atoms with Crippen molar-refractivity contribution in [3.05, 3.63) is 69.8 Å². The monoisotopic (exact) mass is 844 g/mol. The van der Waals surface area contributed by atoms with Crippen LogP contribution < -0.4 is 21.3 Å². The van der Waals surface area contributed by atoms with Gasteiger partial charge < -0.3 is 30.7 Å². The van der Waals surface area contributed by atoms with Crippen molar-refractivity contribution in [3.63, 3.8) is 0 Å². The molecule has 0 saturated carbocycles. The molecular formula is C32H50F12N4O4P2-2. The Bertz CT molecular complexity index is 1290. The Morgan fingerprint density at radius 2 is 0.741 bits per heavy atom. The van der Waals surface area contributed by atoms with E-state index >= 15 is 0 Å². The van der Waals surface area contributed by atoms with E-state index in [0.29, 0.717) is 26.3 Å². The number of nitrogens with one attached hydrogen (secondary N) is 4. The van der Waals surface area contributed by atoms with Crippen LogP contribution in [0, 0.1) is 27.7 Å². The molecule has 0 heterocycles. The van der Waals surface area contributed by atoms with Crippen molar-refractivity contribution < 1.29 is 69.4 Å². The Balaban J connectivity index is 0.00000169. The van der Waals surface area contributed by atoms with Crippen molar-refractivity contribution in [2.24, 2.45) is 0 Å². The summed E-state index contributed by atoms with van der Waals surface area (Å²) in [4.78, 5) is 23.6. The van der Waals surface area contributed by atoms with Crippen LogP contribution in [0.2, 0.25) is 0 Å². The molecule has 2 aromatic carbocycles. The van der Waals surface area contributed by atoms with Gasteiger partial charge in [-0.05, 0) is 77.6 Å². The van der Waals surface area contributed by atoms with Gasteiger partial charge in [0.25, 0.3) is 0 Å². The van der Waals surface area contributed by atoms with E-state index in [4.69, 9.17) is 9.47 Å². The van der Waals surface area contributed by atoms with Crippen LogP contribution >= 0.6 is 15.6 Å². The molecule has 2 amide bonds. The van der Waals surface area contributed by atoms with E-state index in [-0.39, 0.29) is 12.2 Å². The molecule has 0 atom stereocenters. The first-order chi connectivity index (χ1) is 24.2. The second-order valence-electron chi connectivity index (χ2n) is 12.5. The Kier molecular flexibility index (Phi) is 19.0. The summed E-state index contributed by atoms with van der Waals surface area (Å²) < 4.78 is 129. The number of hydrogen-bond donors (Lipinski definition) is 4. The standard InChI is InChI=1S/C32H50N4O4.2F6P/c1-25-17-26(2)20-29(19-25)23-33-11-9-15-39-31(37)35-13-7-5-6-8-14-36-32(38)40-16-10-12-34-24-30-21-27(3)18-28(4)22-30;2*1-7(2,3,4,5)6/h17-22,33-34H,5-16,23-24H2,1-4H3,(H,35,37)(H,36,38);;/q;2*-1. The topological polar surface area (TPSA) is 101 Å².